The minimum absolute atomic E-state index is 0.00531. The van der Waals surface area contributed by atoms with Crippen LogP contribution in [-0.4, -0.2) is 27.0 Å². The molecule has 2 rings (SSSR count). The van der Waals surface area contributed by atoms with Gasteiger partial charge in [-0.1, -0.05) is 12.2 Å². The van der Waals surface area contributed by atoms with Gasteiger partial charge in [-0.05, 0) is 13.3 Å². The molecule has 100 valence electrons. The summed E-state index contributed by atoms with van der Waals surface area (Å²) in [6.07, 6.45) is 5.20. The Bertz CT molecular complexity index is 556. The maximum absolute atomic E-state index is 10.8. The number of nitrogens with one attached hydrogen (secondary N) is 1. The van der Waals surface area contributed by atoms with Crippen molar-refractivity contribution in [2.75, 3.05) is 5.32 Å². The van der Waals surface area contributed by atoms with E-state index in [1.54, 1.807) is 19.1 Å². The number of pyridine rings is 1. The van der Waals surface area contributed by atoms with E-state index >= 15 is 0 Å². The summed E-state index contributed by atoms with van der Waals surface area (Å²) in [5.74, 6) is -1.01. The Morgan fingerprint density at radius 1 is 1.58 bits per heavy atom. The SMILES string of the molecule is Cc1cnc(NC2C=CC(C(=O)O)C2)cc1[N+](=O)[O-]. The van der Waals surface area contributed by atoms with Crippen LogP contribution in [0.1, 0.15) is 12.0 Å². The molecule has 0 fully saturated rings. The molecule has 7 nitrogen and oxygen atoms in total. The van der Waals surface area contributed by atoms with Crippen LogP contribution in [0.5, 0.6) is 0 Å². The fraction of sp³-hybridized carbons (Fsp3) is 0.333. The Labute approximate surface area is 109 Å². The van der Waals surface area contributed by atoms with E-state index in [4.69, 9.17) is 5.11 Å². The van der Waals surface area contributed by atoms with Gasteiger partial charge in [0.15, 0.2) is 0 Å². The average molecular weight is 263 g/mol. The van der Waals surface area contributed by atoms with Crippen LogP contribution in [0.4, 0.5) is 11.5 Å². The first-order valence-electron chi connectivity index (χ1n) is 5.76. The number of carboxylic acids is 1. The van der Waals surface area contributed by atoms with Gasteiger partial charge in [0.1, 0.15) is 5.82 Å². The predicted molar refractivity (Wildman–Crippen MR) is 67.9 cm³/mol. The molecule has 0 bridgehead atoms. The molecule has 0 aliphatic heterocycles. The van der Waals surface area contributed by atoms with Crippen molar-refractivity contribution in [2.24, 2.45) is 5.92 Å². The van der Waals surface area contributed by atoms with Crippen LogP contribution < -0.4 is 5.32 Å². The van der Waals surface area contributed by atoms with Crippen LogP contribution >= 0.6 is 0 Å². The predicted octanol–water partition coefficient (Wildman–Crippen LogP) is 1.74. The van der Waals surface area contributed by atoms with Crippen molar-refractivity contribution >= 4 is 17.5 Å². The second-order valence-corrected chi connectivity index (χ2v) is 4.43. The first-order valence-corrected chi connectivity index (χ1v) is 5.76. The Hall–Kier alpha value is -2.44. The van der Waals surface area contributed by atoms with E-state index < -0.39 is 16.8 Å². The third-order valence-electron chi connectivity index (χ3n) is 3.01. The summed E-state index contributed by atoms with van der Waals surface area (Å²) in [5.41, 5.74) is 0.482. The molecule has 7 heteroatoms. The highest BCUT2D eigenvalue weighted by Crippen LogP contribution is 2.24. The first-order chi connectivity index (χ1) is 8.97. The van der Waals surface area contributed by atoms with Gasteiger partial charge in [-0.3, -0.25) is 14.9 Å². The number of aryl methyl sites for hydroxylation is 1. The molecule has 19 heavy (non-hydrogen) atoms. The third-order valence-corrected chi connectivity index (χ3v) is 3.01. The number of rotatable bonds is 4. The highest BCUT2D eigenvalue weighted by molar-refractivity contribution is 5.73. The lowest BCUT2D eigenvalue weighted by Crippen LogP contribution is -2.19. The summed E-state index contributed by atoms with van der Waals surface area (Å²) in [7, 11) is 0. The average Bonchev–Trinajstić information content (AvgIpc) is 2.80. The molecule has 0 saturated carbocycles. The lowest BCUT2D eigenvalue weighted by atomic mass is 10.1. The van der Waals surface area contributed by atoms with E-state index in [9.17, 15) is 14.9 Å². The van der Waals surface area contributed by atoms with Crippen molar-refractivity contribution < 1.29 is 14.8 Å². The molecule has 0 saturated heterocycles. The van der Waals surface area contributed by atoms with Gasteiger partial charge >= 0.3 is 5.97 Å². The lowest BCUT2D eigenvalue weighted by Gasteiger charge is -2.12. The van der Waals surface area contributed by atoms with Crippen molar-refractivity contribution in [3.63, 3.8) is 0 Å². The van der Waals surface area contributed by atoms with Gasteiger partial charge in [-0.2, -0.15) is 0 Å². The van der Waals surface area contributed by atoms with Crippen LogP contribution in [0.2, 0.25) is 0 Å². The molecule has 1 aliphatic rings. The normalized spacial score (nSPS) is 21.3. The molecule has 1 aromatic heterocycles. The molecule has 1 heterocycles. The minimum Gasteiger partial charge on any atom is -0.481 e. The van der Waals surface area contributed by atoms with Gasteiger partial charge in [-0.15, -0.1) is 0 Å². The Morgan fingerprint density at radius 2 is 2.32 bits per heavy atom. The summed E-state index contributed by atoms with van der Waals surface area (Å²) in [4.78, 5) is 25.2. The van der Waals surface area contributed by atoms with Crippen molar-refractivity contribution in [1.29, 1.82) is 0 Å². The number of carboxylic acid groups (broad SMARTS) is 1. The Kier molecular flexibility index (Phi) is 3.46. The smallest absolute Gasteiger partial charge is 0.310 e. The zero-order chi connectivity index (χ0) is 14.0. The van der Waals surface area contributed by atoms with Crippen molar-refractivity contribution in [3.8, 4) is 0 Å². The van der Waals surface area contributed by atoms with Gasteiger partial charge in [-0.25, -0.2) is 4.98 Å². The number of aliphatic carboxylic acids is 1. The van der Waals surface area contributed by atoms with Crippen molar-refractivity contribution in [2.45, 2.75) is 19.4 Å². The van der Waals surface area contributed by atoms with Crippen LogP contribution in [0.15, 0.2) is 24.4 Å². The van der Waals surface area contributed by atoms with Gasteiger partial charge < -0.3 is 10.4 Å². The molecular weight excluding hydrogens is 250 g/mol. The van der Waals surface area contributed by atoms with Gasteiger partial charge in [0.05, 0.1) is 16.9 Å². The molecule has 0 aromatic carbocycles. The van der Waals surface area contributed by atoms with E-state index in [0.29, 0.717) is 17.8 Å². The zero-order valence-electron chi connectivity index (χ0n) is 10.2. The number of hydrogen-bond acceptors (Lipinski definition) is 5. The monoisotopic (exact) mass is 263 g/mol. The van der Waals surface area contributed by atoms with Crippen LogP contribution in [-0.2, 0) is 4.79 Å². The number of hydrogen-bond donors (Lipinski definition) is 2. The van der Waals surface area contributed by atoms with E-state index in [1.807, 2.05) is 0 Å². The second kappa shape index (κ2) is 5.05. The summed E-state index contributed by atoms with van der Waals surface area (Å²) < 4.78 is 0. The number of anilines is 1. The highest BCUT2D eigenvalue weighted by atomic mass is 16.6. The van der Waals surface area contributed by atoms with Crippen LogP contribution in [0, 0.1) is 23.0 Å². The first kappa shape index (κ1) is 13.0. The number of nitrogens with zero attached hydrogens (tertiary/aromatic N) is 2. The standard InChI is InChI=1S/C12H13N3O4/c1-7-6-13-11(5-10(7)15(18)19)14-9-3-2-8(4-9)12(16)17/h2-3,5-6,8-9H,4H2,1H3,(H,13,14)(H,16,17). The zero-order valence-corrected chi connectivity index (χ0v) is 10.2. The maximum atomic E-state index is 10.8. The third kappa shape index (κ3) is 2.87. The number of aromatic nitrogens is 1. The molecule has 0 spiro atoms. The Morgan fingerprint density at radius 3 is 2.89 bits per heavy atom. The van der Waals surface area contributed by atoms with E-state index in [-0.39, 0.29) is 11.7 Å². The molecule has 2 unspecified atom stereocenters. The maximum Gasteiger partial charge on any atom is 0.310 e. The number of nitro groups is 1. The number of carbonyl (C=O) groups is 1. The lowest BCUT2D eigenvalue weighted by molar-refractivity contribution is -0.385. The van der Waals surface area contributed by atoms with Crippen LogP contribution in [0.3, 0.4) is 0 Å². The minimum atomic E-state index is -0.872. The van der Waals surface area contributed by atoms with E-state index in [1.165, 1.54) is 12.3 Å². The highest BCUT2D eigenvalue weighted by Gasteiger charge is 2.24. The fourth-order valence-corrected chi connectivity index (χ4v) is 1.97. The molecular formula is C12H13N3O4. The van der Waals surface area contributed by atoms with E-state index in [0.717, 1.165) is 0 Å². The van der Waals surface area contributed by atoms with Crippen molar-refractivity contribution in [3.05, 3.63) is 40.1 Å². The van der Waals surface area contributed by atoms with Crippen LogP contribution in [0.25, 0.3) is 0 Å². The molecule has 2 atom stereocenters. The Balaban J connectivity index is 2.09. The summed E-state index contributed by atoms with van der Waals surface area (Å²) >= 11 is 0. The molecule has 0 amide bonds. The topological polar surface area (TPSA) is 105 Å². The molecule has 2 N–H and O–H groups in total. The summed E-state index contributed by atoms with van der Waals surface area (Å²) in [6.45, 7) is 1.62. The largest absolute Gasteiger partial charge is 0.481 e. The summed E-state index contributed by atoms with van der Waals surface area (Å²) in [5, 5.41) is 22.7. The quantitative estimate of drug-likeness (QED) is 0.487. The van der Waals surface area contributed by atoms with Crippen molar-refractivity contribution in [1.82, 2.24) is 4.98 Å². The van der Waals surface area contributed by atoms with Gasteiger partial charge in [0.2, 0.25) is 0 Å². The van der Waals surface area contributed by atoms with Gasteiger partial charge in [0.25, 0.3) is 5.69 Å². The summed E-state index contributed by atoms with van der Waals surface area (Å²) in [6, 6.07) is 1.19. The van der Waals surface area contributed by atoms with E-state index in [2.05, 4.69) is 10.3 Å². The van der Waals surface area contributed by atoms with Gasteiger partial charge in [0, 0.05) is 17.8 Å². The molecule has 1 aromatic rings. The molecule has 1 aliphatic carbocycles. The molecule has 0 radical (unpaired) electrons. The fourth-order valence-electron chi connectivity index (χ4n) is 1.97. The second-order valence-electron chi connectivity index (χ2n) is 4.43.